The number of carboxylic acid groups (broad SMARTS) is 2. The van der Waals surface area contributed by atoms with Gasteiger partial charge in [-0.2, -0.15) is 0 Å². The first-order valence-corrected chi connectivity index (χ1v) is 3.67. The molecule has 0 saturated carbocycles. The van der Waals surface area contributed by atoms with Crippen LogP contribution in [0.25, 0.3) is 0 Å². The van der Waals surface area contributed by atoms with Gasteiger partial charge in [-0.25, -0.2) is 9.59 Å². The summed E-state index contributed by atoms with van der Waals surface area (Å²) in [5, 5.41) is 16.8. The summed E-state index contributed by atoms with van der Waals surface area (Å²) >= 11 is 0.994. The first-order valence-electron chi connectivity index (χ1n) is 2.68. The number of hydrogen-bond acceptors (Lipinski definition) is 3. The van der Waals surface area contributed by atoms with E-state index < -0.39 is 12.1 Å². The molecule has 0 unspecified atom stereocenters. The lowest BCUT2D eigenvalue weighted by Crippen LogP contribution is -2.19. The largest absolute Gasteiger partial charge is 0.477 e. The fraction of sp³-hybridized carbons (Fsp3) is 0.200. The van der Waals surface area contributed by atoms with E-state index >= 15 is 0 Å². The van der Waals surface area contributed by atoms with Crippen LogP contribution in [0.15, 0.2) is 11.1 Å². The van der Waals surface area contributed by atoms with Crippen LogP contribution < -0.4 is 0 Å². The average Bonchev–Trinajstić information content (AvgIpc) is 2.33. The van der Waals surface area contributed by atoms with Crippen LogP contribution in [0.2, 0.25) is 0 Å². The van der Waals surface area contributed by atoms with Crippen molar-refractivity contribution in [3.8, 4) is 0 Å². The maximum absolute atomic E-state index is 10.3. The summed E-state index contributed by atoms with van der Waals surface area (Å²) in [6.07, 6.45) is -0.0243. The predicted octanol–water partition coefficient (Wildman–Crippen LogP) is 0.597. The van der Waals surface area contributed by atoms with Gasteiger partial charge in [-0.3, -0.25) is 4.90 Å². The summed E-state index contributed by atoms with van der Waals surface area (Å²) in [4.78, 5) is 21.5. The molecule has 0 bridgehead atoms. The van der Waals surface area contributed by atoms with Crippen molar-refractivity contribution in [1.29, 1.82) is 0 Å². The third kappa shape index (κ3) is 1.64. The predicted molar refractivity (Wildman–Crippen MR) is 38.0 cm³/mol. The third-order valence-electron chi connectivity index (χ3n) is 1.09. The maximum Gasteiger partial charge on any atom is 0.412 e. The minimum absolute atomic E-state index is 0.0624. The highest BCUT2D eigenvalue weighted by Gasteiger charge is 2.22. The van der Waals surface area contributed by atoms with Crippen molar-refractivity contribution in [2.24, 2.45) is 0 Å². The molecular formula is C5H5NO4S. The molecule has 0 aliphatic carbocycles. The van der Waals surface area contributed by atoms with E-state index in [4.69, 9.17) is 10.2 Å². The average molecular weight is 175 g/mol. The molecule has 1 aliphatic rings. The van der Waals surface area contributed by atoms with E-state index in [-0.39, 0.29) is 10.8 Å². The Morgan fingerprint density at radius 1 is 1.55 bits per heavy atom. The standard InChI is InChI=1S/C5H5NO4S/c7-4(8)3-1-6(2-11-3)5(9)10/h1H,2H2,(H,7,8)(H,9,10). The Kier molecular flexibility index (Phi) is 2.04. The Morgan fingerprint density at radius 3 is 2.45 bits per heavy atom. The molecule has 5 nitrogen and oxygen atoms in total. The molecule has 0 radical (unpaired) electrons. The number of thioether (sulfide) groups is 1. The number of aliphatic carboxylic acids is 1. The van der Waals surface area contributed by atoms with Gasteiger partial charge in [-0.15, -0.1) is 0 Å². The Labute approximate surface area is 66.3 Å². The number of carbonyl (C=O) groups is 2. The van der Waals surface area contributed by atoms with Crippen molar-refractivity contribution in [3.63, 3.8) is 0 Å². The van der Waals surface area contributed by atoms with Crippen molar-refractivity contribution in [2.75, 3.05) is 5.88 Å². The Balaban J connectivity index is 2.68. The highest BCUT2D eigenvalue weighted by molar-refractivity contribution is 8.04. The molecule has 0 saturated heterocycles. The Hall–Kier alpha value is -1.17. The zero-order chi connectivity index (χ0) is 8.43. The molecule has 1 amide bonds. The molecule has 60 valence electrons. The molecular weight excluding hydrogens is 170 g/mol. The number of nitrogens with zero attached hydrogens (tertiary/aromatic N) is 1. The van der Waals surface area contributed by atoms with Gasteiger partial charge >= 0.3 is 12.1 Å². The van der Waals surface area contributed by atoms with E-state index in [1.54, 1.807) is 0 Å². The molecule has 1 aliphatic heterocycles. The molecule has 1 rings (SSSR count). The highest BCUT2D eigenvalue weighted by Crippen LogP contribution is 2.24. The summed E-state index contributed by atoms with van der Waals surface area (Å²) in [5.74, 6) is -0.921. The lowest BCUT2D eigenvalue weighted by molar-refractivity contribution is -0.131. The number of rotatable bonds is 1. The third-order valence-corrected chi connectivity index (χ3v) is 2.09. The van der Waals surface area contributed by atoms with Gasteiger partial charge in [-0.05, 0) is 0 Å². The fourth-order valence-electron chi connectivity index (χ4n) is 0.583. The van der Waals surface area contributed by atoms with Crippen molar-refractivity contribution in [3.05, 3.63) is 11.1 Å². The van der Waals surface area contributed by atoms with E-state index in [1.807, 2.05) is 0 Å². The van der Waals surface area contributed by atoms with E-state index in [1.165, 1.54) is 0 Å². The Morgan fingerprint density at radius 2 is 2.18 bits per heavy atom. The van der Waals surface area contributed by atoms with Crippen LogP contribution in [-0.4, -0.2) is 33.1 Å². The summed E-state index contributed by atoms with van der Waals surface area (Å²) in [6.45, 7) is 0. The number of hydrogen-bond donors (Lipinski definition) is 2. The van der Waals surface area contributed by atoms with E-state index in [2.05, 4.69) is 0 Å². The summed E-state index contributed by atoms with van der Waals surface area (Å²) in [6, 6.07) is 0. The normalized spacial score (nSPS) is 16.4. The first-order chi connectivity index (χ1) is 5.11. The van der Waals surface area contributed by atoms with Gasteiger partial charge in [0.2, 0.25) is 0 Å². The second-order valence-electron chi connectivity index (χ2n) is 1.82. The summed E-state index contributed by atoms with van der Waals surface area (Å²) in [5.41, 5.74) is 0. The van der Waals surface area contributed by atoms with Crippen LogP contribution in [0.5, 0.6) is 0 Å². The maximum atomic E-state index is 10.3. The minimum atomic E-state index is -1.13. The molecule has 0 spiro atoms. The molecule has 1 heterocycles. The molecule has 6 heteroatoms. The quantitative estimate of drug-likeness (QED) is 0.610. The fourth-order valence-corrected chi connectivity index (χ4v) is 1.37. The van der Waals surface area contributed by atoms with Crippen molar-refractivity contribution < 1.29 is 19.8 Å². The lowest BCUT2D eigenvalue weighted by Gasteiger charge is -2.03. The van der Waals surface area contributed by atoms with E-state index in [9.17, 15) is 9.59 Å². The molecule has 0 aromatic rings. The van der Waals surface area contributed by atoms with Crippen LogP contribution in [0.1, 0.15) is 0 Å². The van der Waals surface area contributed by atoms with Crippen LogP contribution in [0.4, 0.5) is 4.79 Å². The summed E-state index contributed by atoms with van der Waals surface area (Å²) in [7, 11) is 0. The molecule has 11 heavy (non-hydrogen) atoms. The second kappa shape index (κ2) is 2.83. The first kappa shape index (κ1) is 7.93. The molecule has 0 aromatic heterocycles. The van der Waals surface area contributed by atoms with Gasteiger partial charge < -0.3 is 10.2 Å². The van der Waals surface area contributed by atoms with Crippen molar-refractivity contribution in [1.82, 2.24) is 4.90 Å². The van der Waals surface area contributed by atoms with E-state index in [0.29, 0.717) is 0 Å². The number of amides is 1. The SMILES string of the molecule is O=C(O)C1=CN(C(=O)O)CS1. The molecule has 0 aromatic carbocycles. The van der Waals surface area contributed by atoms with Gasteiger partial charge in [-0.1, -0.05) is 11.8 Å². The highest BCUT2D eigenvalue weighted by atomic mass is 32.2. The lowest BCUT2D eigenvalue weighted by atomic mass is 10.6. The zero-order valence-corrected chi connectivity index (χ0v) is 6.17. The molecule has 2 N–H and O–H groups in total. The van der Waals surface area contributed by atoms with Crippen molar-refractivity contribution in [2.45, 2.75) is 0 Å². The van der Waals surface area contributed by atoms with Crippen LogP contribution in [-0.2, 0) is 4.79 Å². The molecule has 0 atom stereocenters. The molecule has 0 fully saturated rings. The van der Waals surface area contributed by atoms with Gasteiger partial charge in [0.25, 0.3) is 0 Å². The zero-order valence-electron chi connectivity index (χ0n) is 5.35. The second-order valence-corrected chi connectivity index (χ2v) is 2.81. The van der Waals surface area contributed by atoms with Crippen LogP contribution in [0, 0.1) is 0 Å². The Bertz CT molecular complexity index is 237. The van der Waals surface area contributed by atoms with Crippen LogP contribution >= 0.6 is 11.8 Å². The minimum Gasteiger partial charge on any atom is -0.477 e. The van der Waals surface area contributed by atoms with Gasteiger partial charge in [0.05, 0.1) is 5.88 Å². The van der Waals surface area contributed by atoms with Crippen LogP contribution in [0.3, 0.4) is 0 Å². The van der Waals surface area contributed by atoms with Crippen molar-refractivity contribution >= 4 is 23.8 Å². The van der Waals surface area contributed by atoms with Gasteiger partial charge in [0.15, 0.2) is 0 Å². The van der Waals surface area contributed by atoms with E-state index in [0.717, 1.165) is 22.9 Å². The smallest absolute Gasteiger partial charge is 0.412 e. The van der Waals surface area contributed by atoms with Gasteiger partial charge in [0, 0.05) is 6.20 Å². The number of carboxylic acids is 1. The monoisotopic (exact) mass is 175 g/mol. The topological polar surface area (TPSA) is 77.8 Å². The van der Waals surface area contributed by atoms with Gasteiger partial charge in [0.1, 0.15) is 4.91 Å². The summed E-state index contributed by atoms with van der Waals surface area (Å²) < 4.78 is 0.